The highest BCUT2D eigenvalue weighted by atomic mass is 35.5. The Morgan fingerprint density at radius 1 is 1.05 bits per heavy atom. The van der Waals surface area contributed by atoms with Crippen molar-refractivity contribution < 1.29 is 31.2 Å². The van der Waals surface area contributed by atoms with E-state index in [-0.39, 0.29) is 45.4 Å². The number of benzene rings is 2. The number of halogens is 3. The van der Waals surface area contributed by atoms with Crippen LogP contribution in [0, 0.1) is 11.6 Å². The van der Waals surface area contributed by atoms with Crippen molar-refractivity contribution in [1.29, 1.82) is 0 Å². The fourth-order valence-corrected chi connectivity index (χ4v) is 4.97. The lowest BCUT2D eigenvalue weighted by Crippen LogP contribution is -2.19. The molecule has 5 aromatic rings. The molecule has 0 aliphatic carbocycles. The van der Waals surface area contributed by atoms with Crippen LogP contribution >= 0.6 is 11.6 Å². The van der Waals surface area contributed by atoms with E-state index < -0.39 is 27.2 Å². The topological polar surface area (TPSA) is 126 Å². The first kappa shape index (κ1) is 26.1. The summed E-state index contributed by atoms with van der Waals surface area (Å²) in [5.74, 6) is -1.67. The van der Waals surface area contributed by atoms with Gasteiger partial charge in [-0.25, -0.2) is 17.2 Å². The van der Waals surface area contributed by atoms with E-state index in [1.54, 1.807) is 0 Å². The van der Waals surface area contributed by atoms with Crippen molar-refractivity contribution in [3.8, 4) is 17.4 Å². The first-order chi connectivity index (χ1) is 18.7. The second-order valence-electron chi connectivity index (χ2n) is 8.05. The minimum absolute atomic E-state index is 0.00925. The van der Waals surface area contributed by atoms with Gasteiger partial charge in [-0.3, -0.25) is 14.1 Å². The average molecular weight is 575 g/mol. The van der Waals surface area contributed by atoms with E-state index >= 15 is 0 Å². The number of fused-ring (bicyclic) bond motifs is 1. The average Bonchev–Trinajstić information content (AvgIpc) is 3.41. The molecule has 1 N–H and O–H groups in total. The van der Waals surface area contributed by atoms with Crippen molar-refractivity contribution >= 4 is 38.3 Å². The maximum atomic E-state index is 14.0. The molecule has 3 aromatic heterocycles. The highest BCUT2D eigenvalue weighted by Gasteiger charge is 2.20. The molecule has 5 rings (SSSR count). The molecule has 0 saturated heterocycles. The van der Waals surface area contributed by atoms with E-state index in [0.717, 1.165) is 12.1 Å². The van der Waals surface area contributed by atoms with Gasteiger partial charge in [-0.2, -0.15) is 4.98 Å². The van der Waals surface area contributed by atoms with Gasteiger partial charge < -0.3 is 14.0 Å². The molecule has 0 atom stereocenters. The van der Waals surface area contributed by atoms with E-state index in [1.807, 2.05) is 0 Å². The zero-order valence-electron chi connectivity index (χ0n) is 19.9. The summed E-state index contributed by atoms with van der Waals surface area (Å²) in [6.07, 6.45) is 1.22. The Morgan fingerprint density at radius 2 is 1.87 bits per heavy atom. The van der Waals surface area contributed by atoms with Crippen LogP contribution in [-0.4, -0.2) is 30.2 Å². The predicted octanol–water partition coefficient (Wildman–Crippen LogP) is 4.69. The highest BCUT2D eigenvalue weighted by Crippen LogP contribution is 2.33. The third-order valence-corrected chi connectivity index (χ3v) is 7.18. The number of anilines is 1. The molecule has 0 aliphatic heterocycles. The number of methoxy groups -OCH3 is 1. The fourth-order valence-electron chi connectivity index (χ4n) is 3.74. The Hall–Kier alpha value is -4.49. The van der Waals surface area contributed by atoms with Crippen LogP contribution in [0.4, 0.5) is 14.6 Å². The number of hydrogen-bond acceptors (Lipinski definition) is 8. The minimum Gasteiger partial charge on any atom is -0.479 e. The van der Waals surface area contributed by atoms with E-state index in [4.69, 9.17) is 21.1 Å². The van der Waals surface area contributed by atoms with Crippen molar-refractivity contribution in [3.05, 3.63) is 99.5 Å². The Labute approximate surface area is 224 Å². The molecule has 0 fully saturated rings. The van der Waals surface area contributed by atoms with E-state index in [0.29, 0.717) is 10.9 Å². The third kappa shape index (κ3) is 5.26. The normalized spacial score (nSPS) is 11.5. The van der Waals surface area contributed by atoms with Crippen LogP contribution in [0.25, 0.3) is 16.6 Å². The molecule has 0 unspecified atom stereocenters. The molecular weight excluding hydrogens is 558 g/mol. The van der Waals surface area contributed by atoms with Gasteiger partial charge in [0, 0.05) is 29.1 Å². The van der Waals surface area contributed by atoms with Crippen LogP contribution < -0.4 is 19.8 Å². The van der Waals surface area contributed by atoms with Crippen LogP contribution in [0.1, 0.15) is 5.56 Å². The molecule has 14 heteroatoms. The van der Waals surface area contributed by atoms with Crippen LogP contribution in [-0.2, 0) is 16.6 Å². The molecule has 0 bridgehead atoms. The molecule has 0 amide bonds. The van der Waals surface area contributed by atoms with Crippen LogP contribution in [0.5, 0.6) is 11.8 Å². The summed E-state index contributed by atoms with van der Waals surface area (Å²) in [5.41, 5.74) is 0.0827. The van der Waals surface area contributed by atoms with E-state index in [1.165, 1.54) is 66.5 Å². The molecule has 2 aromatic carbocycles. The van der Waals surface area contributed by atoms with Crippen molar-refractivity contribution in [2.24, 2.45) is 0 Å². The van der Waals surface area contributed by atoms with Gasteiger partial charge in [-0.05, 0) is 42.5 Å². The van der Waals surface area contributed by atoms with Gasteiger partial charge in [0.2, 0.25) is 11.8 Å². The number of aromatic nitrogens is 3. The highest BCUT2D eigenvalue weighted by molar-refractivity contribution is 7.92. The quantitative estimate of drug-likeness (QED) is 0.283. The summed E-state index contributed by atoms with van der Waals surface area (Å²) >= 11 is 6.38. The number of nitrogens with one attached hydrogen (secondary N) is 1. The van der Waals surface area contributed by atoms with Crippen LogP contribution in [0.15, 0.2) is 81.1 Å². The Kier molecular flexibility index (Phi) is 6.93. The second kappa shape index (κ2) is 10.3. The van der Waals surface area contributed by atoms with Gasteiger partial charge in [0.1, 0.15) is 35.2 Å². The van der Waals surface area contributed by atoms with Gasteiger partial charge in [0.05, 0.1) is 17.5 Å². The lowest BCUT2D eigenvalue weighted by Gasteiger charge is -2.16. The van der Waals surface area contributed by atoms with Gasteiger partial charge in [-0.15, -0.1) is 0 Å². The number of rotatable bonds is 8. The molecule has 3 heterocycles. The Bertz CT molecular complexity index is 1860. The predicted molar refractivity (Wildman–Crippen MR) is 137 cm³/mol. The van der Waals surface area contributed by atoms with Gasteiger partial charge in [-0.1, -0.05) is 16.8 Å². The lowest BCUT2D eigenvalue weighted by atomic mass is 10.2. The number of sulfonamides is 1. The third-order valence-electron chi connectivity index (χ3n) is 5.56. The number of ether oxygens (including phenoxy) is 2. The van der Waals surface area contributed by atoms with Gasteiger partial charge in [0.25, 0.3) is 15.6 Å². The second-order valence-corrected chi connectivity index (χ2v) is 10.1. The summed E-state index contributed by atoms with van der Waals surface area (Å²) in [7, 11) is -2.69. The summed E-state index contributed by atoms with van der Waals surface area (Å²) in [5, 5.41) is 3.92. The first-order valence-corrected chi connectivity index (χ1v) is 12.9. The molecule has 200 valence electrons. The first-order valence-electron chi connectivity index (χ1n) is 11.1. The fraction of sp³-hybridized carbons (Fsp3) is 0.0800. The SMILES string of the molecule is COc1nc(OCc2ccc(F)cc2F)c(Cl)cc1-n1c(=O)ccc2cc(S(=O)(=O)Nc3ccon3)ccc21. The van der Waals surface area contributed by atoms with Crippen LogP contribution in [0.3, 0.4) is 0 Å². The molecule has 0 aliphatic rings. The zero-order chi connectivity index (χ0) is 27.7. The standard InChI is InChI=1S/C25H17ClF2N4O6S/c1-36-25-21(12-18(26)24(29-25)37-13-15-2-4-16(27)11-19(15)28)32-20-6-5-17(10-14(20)3-7-23(32)33)39(34,35)31-22-8-9-38-30-22/h2-12H,13H2,1H3,(H,30,31). The van der Waals surface area contributed by atoms with E-state index in [2.05, 4.69) is 19.4 Å². The molecule has 0 radical (unpaired) electrons. The number of nitrogens with zero attached hydrogens (tertiary/aromatic N) is 3. The van der Waals surface area contributed by atoms with Crippen LogP contribution in [0.2, 0.25) is 5.02 Å². The smallest absolute Gasteiger partial charge is 0.263 e. The monoisotopic (exact) mass is 574 g/mol. The van der Waals surface area contributed by atoms with Crippen molar-refractivity contribution in [2.45, 2.75) is 11.5 Å². The number of hydrogen-bond donors (Lipinski definition) is 1. The minimum atomic E-state index is -4.00. The van der Waals surface area contributed by atoms with E-state index in [9.17, 15) is 22.0 Å². The maximum absolute atomic E-state index is 14.0. The van der Waals surface area contributed by atoms with Gasteiger partial charge in [0.15, 0.2) is 5.82 Å². The zero-order valence-corrected chi connectivity index (χ0v) is 21.5. The van der Waals surface area contributed by atoms with Crippen molar-refractivity contribution in [2.75, 3.05) is 11.8 Å². The Morgan fingerprint density at radius 3 is 2.59 bits per heavy atom. The summed E-state index contributed by atoms with van der Waals surface area (Å²) < 4.78 is 71.8. The molecule has 39 heavy (non-hydrogen) atoms. The Balaban J connectivity index is 1.52. The lowest BCUT2D eigenvalue weighted by molar-refractivity contribution is 0.281. The molecule has 0 saturated carbocycles. The largest absolute Gasteiger partial charge is 0.479 e. The summed E-state index contributed by atoms with van der Waals surface area (Å²) in [4.78, 5) is 17.1. The molecular formula is C25H17ClF2N4O6S. The summed E-state index contributed by atoms with van der Waals surface area (Å²) in [6, 6.07) is 12.6. The van der Waals surface area contributed by atoms with Crippen molar-refractivity contribution in [1.82, 2.24) is 14.7 Å². The van der Waals surface area contributed by atoms with Crippen molar-refractivity contribution in [3.63, 3.8) is 0 Å². The van der Waals surface area contributed by atoms with Gasteiger partial charge >= 0.3 is 0 Å². The number of pyridine rings is 2. The summed E-state index contributed by atoms with van der Waals surface area (Å²) in [6.45, 7) is -0.296. The maximum Gasteiger partial charge on any atom is 0.263 e. The molecule has 10 nitrogen and oxygen atoms in total. The molecule has 0 spiro atoms.